The van der Waals surface area contributed by atoms with Crippen molar-refractivity contribution in [3.05, 3.63) is 62.5 Å². The van der Waals surface area contributed by atoms with Crippen LogP contribution in [0.15, 0.2) is 41.3 Å². The summed E-state index contributed by atoms with van der Waals surface area (Å²) in [4.78, 5) is 35.7. The van der Waals surface area contributed by atoms with Crippen molar-refractivity contribution in [2.45, 2.75) is 13.5 Å². The highest BCUT2D eigenvalue weighted by molar-refractivity contribution is 8.14. The Morgan fingerprint density at radius 3 is 2.54 bits per heavy atom. The lowest BCUT2D eigenvalue weighted by atomic mass is 10.2. The van der Waals surface area contributed by atoms with Gasteiger partial charge in [-0.3, -0.25) is 14.4 Å². The van der Waals surface area contributed by atoms with Crippen LogP contribution in [0.1, 0.15) is 12.5 Å². The Bertz CT molecular complexity index is 850. The number of amides is 1. The zero-order valence-electron chi connectivity index (χ0n) is 13.8. The maximum absolute atomic E-state index is 12.5. The summed E-state index contributed by atoms with van der Waals surface area (Å²) in [5.74, 6) is -0.623. The van der Waals surface area contributed by atoms with Crippen LogP contribution in [0.25, 0.3) is 0 Å². The summed E-state index contributed by atoms with van der Waals surface area (Å²) in [6.45, 7) is 2.09. The van der Waals surface area contributed by atoms with Crippen molar-refractivity contribution >= 4 is 51.9 Å². The minimum atomic E-state index is -0.524. The standard InChI is InChI=1S/C17H16Cl2N2O4S/c1-2-25-15(22)10-26-17(24)20-14-7-4-8-21(16(14)23)9-11-12(18)5-3-6-13(11)19/h3-8H,2,9-10H2,1H3,(H,20,24). The molecule has 0 aliphatic heterocycles. The van der Waals surface area contributed by atoms with Gasteiger partial charge in [0.2, 0.25) is 0 Å². The summed E-state index contributed by atoms with van der Waals surface area (Å²) in [5.41, 5.74) is 0.295. The molecule has 0 unspecified atom stereocenters. The highest BCUT2D eigenvalue weighted by Gasteiger charge is 2.13. The van der Waals surface area contributed by atoms with Crippen LogP contribution in [0, 0.1) is 0 Å². The third-order valence-corrected chi connectivity index (χ3v) is 4.73. The van der Waals surface area contributed by atoms with Gasteiger partial charge in [-0.1, -0.05) is 41.0 Å². The zero-order valence-corrected chi connectivity index (χ0v) is 16.2. The molecule has 1 N–H and O–H groups in total. The Morgan fingerprint density at radius 1 is 1.19 bits per heavy atom. The molecule has 0 bridgehead atoms. The minimum Gasteiger partial charge on any atom is -0.465 e. The Labute approximate surface area is 164 Å². The van der Waals surface area contributed by atoms with Crippen LogP contribution in [0.3, 0.4) is 0 Å². The third kappa shape index (κ3) is 5.52. The van der Waals surface area contributed by atoms with E-state index in [2.05, 4.69) is 5.32 Å². The summed E-state index contributed by atoms with van der Waals surface area (Å²) >= 11 is 13.0. The number of ether oxygens (including phenoxy) is 1. The van der Waals surface area contributed by atoms with Crippen molar-refractivity contribution in [1.82, 2.24) is 4.57 Å². The molecular formula is C17H16Cl2N2O4S. The van der Waals surface area contributed by atoms with E-state index in [4.69, 9.17) is 27.9 Å². The normalized spacial score (nSPS) is 10.4. The lowest BCUT2D eigenvalue weighted by Crippen LogP contribution is -2.25. The van der Waals surface area contributed by atoms with Crippen molar-refractivity contribution in [3.63, 3.8) is 0 Å². The quantitative estimate of drug-likeness (QED) is 0.721. The number of aromatic nitrogens is 1. The molecule has 1 amide bonds. The van der Waals surface area contributed by atoms with Crippen LogP contribution in [0.5, 0.6) is 0 Å². The van der Waals surface area contributed by atoms with Crippen LogP contribution in [-0.2, 0) is 16.1 Å². The van der Waals surface area contributed by atoms with E-state index in [1.807, 2.05) is 0 Å². The third-order valence-electron chi connectivity index (χ3n) is 3.27. The fourth-order valence-corrected chi connectivity index (χ4v) is 3.11. The van der Waals surface area contributed by atoms with Gasteiger partial charge in [0, 0.05) is 21.8 Å². The van der Waals surface area contributed by atoms with Crippen LogP contribution >= 0.6 is 35.0 Å². The number of carbonyl (C=O) groups excluding carboxylic acids is 2. The lowest BCUT2D eigenvalue weighted by Gasteiger charge is -2.11. The summed E-state index contributed by atoms with van der Waals surface area (Å²) in [6, 6.07) is 8.19. The topological polar surface area (TPSA) is 77.4 Å². The molecule has 138 valence electrons. The van der Waals surface area contributed by atoms with Gasteiger partial charge in [0.15, 0.2) is 0 Å². The zero-order chi connectivity index (χ0) is 19.1. The molecule has 9 heteroatoms. The Balaban J connectivity index is 2.10. The molecule has 0 aliphatic carbocycles. The van der Waals surface area contributed by atoms with Gasteiger partial charge in [0.25, 0.3) is 10.8 Å². The first-order chi connectivity index (χ1) is 12.4. The van der Waals surface area contributed by atoms with Gasteiger partial charge in [-0.2, -0.15) is 0 Å². The largest absolute Gasteiger partial charge is 0.465 e. The molecule has 0 radical (unpaired) electrons. The predicted molar refractivity (Wildman–Crippen MR) is 104 cm³/mol. The molecule has 1 heterocycles. The number of benzene rings is 1. The summed E-state index contributed by atoms with van der Waals surface area (Å²) in [7, 11) is 0. The first kappa shape index (κ1) is 20.4. The summed E-state index contributed by atoms with van der Waals surface area (Å²) in [6.07, 6.45) is 1.57. The molecule has 1 aromatic heterocycles. The highest BCUT2D eigenvalue weighted by atomic mass is 35.5. The second-order valence-corrected chi connectivity index (χ2v) is 6.82. The average molecular weight is 415 g/mol. The molecule has 26 heavy (non-hydrogen) atoms. The number of nitrogens with zero attached hydrogens (tertiary/aromatic N) is 1. The van der Waals surface area contributed by atoms with Crippen LogP contribution in [0.4, 0.5) is 10.5 Å². The van der Waals surface area contributed by atoms with Gasteiger partial charge in [0.05, 0.1) is 13.2 Å². The molecular weight excluding hydrogens is 399 g/mol. The predicted octanol–water partition coefficient (Wildman–Crippen LogP) is 4.03. The van der Waals surface area contributed by atoms with Crippen molar-refractivity contribution in [1.29, 1.82) is 0 Å². The van der Waals surface area contributed by atoms with Crippen LogP contribution in [-0.4, -0.2) is 28.1 Å². The fraction of sp³-hybridized carbons (Fsp3) is 0.235. The average Bonchev–Trinajstić information content (AvgIpc) is 2.60. The number of carbonyl (C=O) groups is 2. The van der Waals surface area contributed by atoms with Gasteiger partial charge in [-0.25, -0.2) is 0 Å². The number of pyridine rings is 1. The summed E-state index contributed by atoms with van der Waals surface area (Å²) < 4.78 is 6.13. The Morgan fingerprint density at radius 2 is 1.88 bits per heavy atom. The second-order valence-electron chi connectivity index (χ2n) is 5.06. The molecule has 0 spiro atoms. The number of hydrogen-bond donors (Lipinski definition) is 1. The van der Waals surface area contributed by atoms with Gasteiger partial charge in [-0.05, 0) is 31.2 Å². The van der Waals surface area contributed by atoms with Gasteiger partial charge < -0.3 is 14.6 Å². The number of hydrogen-bond acceptors (Lipinski definition) is 5. The molecule has 2 rings (SSSR count). The number of thioether (sulfide) groups is 1. The molecule has 0 aliphatic rings. The van der Waals surface area contributed by atoms with E-state index >= 15 is 0 Å². The molecule has 0 fully saturated rings. The van der Waals surface area contributed by atoms with Crippen LogP contribution < -0.4 is 10.9 Å². The van der Waals surface area contributed by atoms with E-state index in [0.29, 0.717) is 15.6 Å². The molecule has 0 saturated heterocycles. The van der Waals surface area contributed by atoms with Gasteiger partial charge in [0.1, 0.15) is 11.4 Å². The maximum Gasteiger partial charge on any atom is 0.316 e. The Kier molecular flexibility index (Phi) is 7.56. The van der Waals surface area contributed by atoms with Gasteiger partial charge >= 0.3 is 5.97 Å². The van der Waals surface area contributed by atoms with E-state index in [1.165, 1.54) is 10.6 Å². The first-order valence-corrected chi connectivity index (χ1v) is 9.38. The minimum absolute atomic E-state index is 0.0945. The fourth-order valence-electron chi connectivity index (χ4n) is 2.08. The monoisotopic (exact) mass is 414 g/mol. The van der Waals surface area contributed by atoms with Gasteiger partial charge in [-0.15, -0.1) is 0 Å². The molecule has 6 nitrogen and oxygen atoms in total. The van der Waals surface area contributed by atoms with E-state index in [0.717, 1.165) is 11.8 Å². The van der Waals surface area contributed by atoms with Crippen molar-refractivity contribution in [2.24, 2.45) is 0 Å². The first-order valence-electron chi connectivity index (χ1n) is 7.64. The number of esters is 1. The Hall–Kier alpha value is -1.96. The molecule has 0 saturated carbocycles. The number of rotatable bonds is 6. The highest BCUT2D eigenvalue weighted by Crippen LogP contribution is 2.24. The van der Waals surface area contributed by atoms with E-state index in [-0.39, 0.29) is 24.6 Å². The van der Waals surface area contributed by atoms with Crippen molar-refractivity contribution < 1.29 is 14.3 Å². The second kappa shape index (κ2) is 9.66. The lowest BCUT2D eigenvalue weighted by molar-refractivity contribution is -0.139. The number of nitrogens with one attached hydrogen (secondary N) is 1. The maximum atomic E-state index is 12.5. The van der Waals surface area contributed by atoms with E-state index in [9.17, 15) is 14.4 Å². The number of halogens is 2. The molecule has 0 atom stereocenters. The molecule has 1 aromatic carbocycles. The number of anilines is 1. The van der Waals surface area contributed by atoms with E-state index < -0.39 is 16.8 Å². The van der Waals surface area contributed by atoms with E-state index in [1.54, 1.807) is 37.4 Å². The smallest absolute Gasteiger partial charge is 0.316 e. The summed E-state index contributed by atoms with van der Waals surface area (Å²) in [5, 5.41) is 2.85. The van der Waals surface area contributed by atoms with Crippen molar-refractivity contribution in [2.75, 3.05) is 17.7 Å². The SMILES string of the molecule is CCOC(=O)CSC(=O)Nc1cccn(Cc2c(Cl)cccc2Cl)c1=O. The van der Waals surface area contributed by atoms with Crippen LogP contribution in [0.2, 0.25) is 10.0 Å². The van der Waals surface area contributed by atoms with Crippen molar-refractivity contribution in [3.8, 4) is 0 Å². The molecule has 2 aromatic rings.